The molecule has 1 atom stereocenters. The van der Waals surface area contributed by atoms with Gasteiger partial charge in [0, 0.05) is 19.6 Å². The topological polar surface area (TPSA) is 49.4 Å². The molecule has 21 heavy (non-hydrogen) atoms. The lowest BCUT2D eigenvalue weighted by Gasteiger charge is -2.30. The third kappa shape index (κ3) is 4.64. The minimum Gasteiger partial charge on any atom is -0.302 e. The smallest absolute Gasteiger partial charge is 0.240 e. The second kappa shape index (κ2) is 7.05. The molecule has 0 spiro atoms. The molecule has 0 bridgehead atoms. The van der Waals surface area contributed by atoms with Crippen molar-refractivity contribution in [1.82, 2.24) is 9.62 Å². The van der Waals surface area contributed by atoms with Crippen molar-refractivity contribution >= 4 is 21.6 Å². The Bertz CT molecular complexity index is 595. The lowest BCUT2D eigenvalue weighted by atomic mass is 10.0. The summed E-state index contributed by atoms with van der Waals surface area (Å²) in [5.41, 5.74) is 0. The Morgan fingerprint density at radius 2 is 2.24 bits per heavy atom. The molecule has 1 aromatic rings. The van der Waals surface area contributed by atoms with Gasteiger partial charge < -0.3 is 4.90 Å². The second-order valence-electron chi connectivity index (χ2n) is 5.52. The van der Waals surface area contributed by atoms with Gasteiger partial charge in [0.2, 0.25) is 10.0 Å². The molecule has 0 aromatic heterocycles. The minimum atomic E-state index is -3.64. The number of halogens is 2. The molecule has 1 heterocycles. The summed E-state index contributed by atoms with van der Waals surface area (Å²) in [4.78, 5) is 2.25. The number of likely N-dealkylation sites (tertiary alicyclic amines) is 1. The quantitative estimate of drug-likeness (QED) is 0.900. The molecule has 1 fully saturated rings. The summed E-state index contributed by atoms with van der Waals surface area (Å²) < 4.78 is 39.8. The Balaban J connectivity index is 1.90. The predicted molar refractivity (Wildman–Crippen MR) is 81.4 cm³/mol. The highest BCUT2D eigenvalue weighted by Gasteiger charge is 2.18. The number of rotatable bonds is 5. The fourth-order valence-electron chi connectivity index (χ4n) is 2.56. The largest absolute Gasteiger partial charge is 0.302 e. The number of hydrogen-bond donors (Lipinski definition) is 1. The molecule has 7 heteroatoms. The maximum atomic E-state index is 13.1. The van der Waals surface area contributed by atoms with E-state index in [9.17, 15) is 12.8 Å². The summed E-state index contributed by atoms with van der Waals surface area (Å²) in [5, 5.41) is -0.192. The summed E-state index contributed by atoms with van der Waals surface area (Å²) in [6, 6.07) is 3.40. The molecule has 0 aliphatic carbocycles. The van der Waals surface area contributed by atoms with Crippen LogP contribution in [0.5, 0.6) is 0 Å². The van der Waals surface area contributed by atoms with Crippen LogP contribution in [-0.2, 0) is 10.0 Å². The molecular formula is C14H20ClFN2O2S. The summed E-state index contributed by atoms with van der Waals surface area (Å²) in [6.45, 7) is 5.23. The van der Waals surface area contributed by atoms with Crippen molar-refractivity contribution in [3.05, 3.63) is 29.0 Å². The number of sulfonamides is 1. The number of piperidine rings is 1. The molecule has 0 saturated carbocycles. The molecule has 118 valence electrons. The summed E-state index contributed by atoms with van der Waals surface area (Å²) in [6.07, 6.45) is 2.39. The molecule has 0 amide bonds. The third-order valence-corrected chi connectivity index (χ3v) is 5.41. The van der Waals surface area contributed by atoms with Gasteiger partial charge in [0.25, 0.3) is 0 Å². The first-order valence-electron chi connectivity index (χ1n) is 7.05. The monoisotopic (exact) mass is 334 g/mol. The number of benzene rings is 1. The van der Waals surface area contributed by atoms with E-state index in [0.29, 0.717) is 19.0 Å². The molecule has 1 aliphatic heterocycles. The fourth-order valence-corrected chi connectivity index (χ4v) is 3.85. The fraction of sp³-hybridized carbons (Fsp3) is 0.571. The first-order chi connectivity index (χ1) is 9.88. The molecule has 4 nitrogen and oxygen atoms in total. The molecule has 1 aromatic carbocycles. The Kier molecular flexibility index (Phi) is 5.60. The van der Waals surface area contributed by atoms with Crippen molar-refractivity contribution < 1.29 is 12.8 Å². The van der Waals surface area contributed by atoms with Gasteiger partial charge in [-0.2, -0.15) is 0 Å². The lowest BCUT2D eigenvalue weighted by molar-refractivity contribution is 0.187. The Hall–Kier alpha value is -0.690. The number of nitrogens with zero attached hydrogens (tertiary/aromatic N) is 1. The van der Waals surface area contributed by atoms with Crippen LogP contribution >= 0.6 is 11.6 Å². The highest BCUT2D eigenvalue weighted by molar-refractivity contribution is 7.89. The van der Waals surface area contributed by atoms with Gasteiger partial charge in [-0.3, -0.25) is 0 Å². The minimum absolute atomic E-state index is 0.0130. The molecule has 2 rings (SSSR count). The normalized spacial score (nSPS) is 20.6. The molecule has 0 radical (unpaired) electrons. The van der Waals surface area contributed by atoms with Crippen molar-refractivity contribution in [2.45, 2.75) is 24.7 Å². The zero-order valence-electron chi connectivity index (χ0n) is 12.0. The van der Waals surface area contributed by atoms with Gasteiger partial charge in [-0.1, -0.05) is 18.5 Å². The first-order valence-corrected chi connectivity index (χ1v) is 8.91. The molecule has 1 unspecified atom stereocenters. The number of nitrogens with one attached hydrogen (secondary N) is 1. The van der Waals surface area contributed by atoms with Crippen molar-refractivity contribution in [3.63, 3.8) is 0 Å². The van der Waals surface area contributed by atoms with E-state index in [-0.39, 0.29) is 9.92 Å². The van der Waals surface area contributed by atoms with Crippen LogP contribution in [0.3, 0.4) is 0 Å². The van der Waals surface area contributed by atoms with E-state index >= 15 is 0 Å². The van der Waals surface area contributed by atoms with Crippen LogP contribution in [-0.4, -0.2) is 39.5 Å². The van der Waals surface area contributed by atoms with E-state index in [1.165, 1.54) is 12.5 Å². The zero-order chi connectivity index (χ0) is 15.5. The van der Waals surface area contributed by atoms with Gasteiger partial charge >= 0.3 is 0 Å². The summed E-state index contributed by atoms with van der Waals surface area (Å²) in [7, 11) is -3.64. The molecular weight excluding hydrogens is 315 g/mol. The van der Waals surface area contributed by atoms with Crippen LogP contribution in [0, 0.1) is 11.7 Å². The van der Waals surface area contributed by atoms with Gasteiger partial charge in [-0.05, 0) is 43.5 Å². The lowest BCUT2D eigenvalue weighted by Crippen LogP contribution is -2.40. The SMILES string of the molecule is CC1CCCN(CCNS(=O)(=O)c2ccc(F)c(Cl)c2)C1. The summed E-state index contributed by atoms with van der Waals surface area (Å²) in [5.74, 6) is 0.0317. The average molecular weight is 335 g/mol. The first kappa shape index (κ1) is 16.7. The van der Waals surface area contributed by atoms with Crippen LogP contribution in [0.25, 0.3) is 0 Å². The van der Waals surface area contributed by atoms with Gasteiger partial charge in [-0.15, -0.1) is 0 Å². The van der Waals surface area contributed by atoms with Gasteiger partial charge in [-0.25, -0.2) is 17.5 Å². The van der Waals surface area contributed by atoms with E-state index < -0.39 is 15.8 Å². The zero-order valence-corrected chi connectivity index (χ0v) is 13.6. The van der Waals surface area contributed by atoms with E-state index in [2.05, 4.69) is 16.5 Å². The van der Waals surface area contributed by atoms with E-state index in [1.54, 1.807) is 0 Å². The van der Waals surface area contributed by atoms with Crippen molar-refractivity contribution in [2.24, 2.45) is 5.92 Å². The van der Waals surface area contributed by atoms with Crippen LogP contribution in [0.15, 0.2) is 23.1 Å². The maximum Gasteiger partial charge on any atom is 0.240 e. The molecule has 1 N–H and O–H groups in total. The standard InChI is InChI=1S/C14H20ClFN2O2S/c1-11-3-2-7-18(10-11)8-6-17-21(19,20)12-4-5-14(16)13(15)9-12/h4-5,9,11,17H,2-3,6-8,10H2,1H3. The molecule has 1 saturated heterocycles. The highest BCUT2D eigenvalue weighted by Crippen LogP contribution is 2.19. The molecule has 1 aliphatic rings. The second-order valence-corrected chi connectivity index (χ2v) is 7.70. The number of hydrogen-bond acceptors (Lipinski definition) is 3. The van der Waals surface area contributed by atoms with E-state index in [0.717, 1.165) is 31.6 Å². The third-order valence-electron chi connectivity index (χ3n) is 3.66. The Morgan fingerprint density at radius 1 is 1.48 bits per heavy atom. The van der Waals surface area contributed by atoms with E-state index in [4.69, 9.17) is 11.6 Å². The predicted octanol–water partition coefficient (Wildman–Crippen LogP) is 2.49. The maximum absolute atomic E-state index is 13.1. The van der Waals surface area contributed by atoms with E-state index in [1.807, 2.05) is 0 Å². The van der Waals surface area contributed by atoms with Crippen molar-refractivity contribution in [3.8, 4) is 0 Å². The van der Waals surface area contributed by atoms with Crippen molar-refractivity contribution in [1.29, 1.82) is 0 Å². The van der Waals surface area contributed by atoms with Crippen LogP contribution in [0.1, 0.15) is 19.8 Å². The van der Waals surface area contributed by atoms with Crippen LogP contribution in [0.4, 0.5) is 4.39 Å². The summed E-state index contributed by atoms with van der Waals surface area (Å²) >= 11 is 5.62. The van der Waals surface area contributed by atoms with Gasteiger partial charge in [0.05, 0.1) is 9.92 Å². The highest BCUT2D eigenvalue weighted by atomic mass is 35.5. The Morgan fingerprint density at radius 3 is 2.90 bits per heavy atom. The average Bonchev–Trinajstić information content (AvgIpc) is 2.41. The van der Waals surface area contributed by atoms with Gasteiger partial charge in [0.1, 0.15) is 5.82 Å². The van der Waals surface area contributed by atoms with Crippen LogP contribution in [0.2, 0.25) is 5.02 Å². The Labute approximate surface area is 130 Å². The van der Waals surface area contributed by atoms with Gasteiger partial charge in [0.15, 0.2) is 0 Å². The van der Waals surface area contributed by atoms with Crippen LogP contribution < -0.4 is 4.72 Å². The van der Waals surface area contributed by atoms with Crippen molar-refractivity contribution in [2.75, 3.05) is 26.2 Å².